The standard InChI is InChI=1S/C17H17FN2O2/c1-12(21)17-19-15-4-2-3-5-16(15)20(17)10-11-22-14-8-6-13(18)7-9-14/h2-9,12,21H,10-11H2,1H3. The minimum atomic E-state index is -0.654. The number of halogens is 1. The summed E-state index contributed by atoms with van der Waals surface area (Å²) in [5.74, 6) is 0.942. The Morgan fingerprint density at radius 2 is 1.91 bits per heavy atom. The van der Waals surface area contributed by atoms with Gasteiger partial charge in [0.2, 0.25) is 0 Å². The van der Waals surface area contributed by atoms with Gasteiger partial charge >= 0.3 is 0 Å². The van der Waals surface area contributed by atoms with E-state index in [0.717, 1.165) is 11.0 Å². The molecule has 1 heterocycles. The first-order valence-electron chi connectivity index (χ1n) is 7.17. The Bertz CT molecular complexity index is 766. The molecule has 22 heavy (non-hydrogen) atoms. The average molecular weight is 300 g/mol. The lowest BCUT2D eigenvalue weighted by molar-refractivity contribution is 0.181. The highest BCUT2D eigenvalue weighted by atomic mass is 19.1. The van der Waals surface area contributed by atoms with Crippen LogP contribution in [0.15, 0.2) is 48.5 Å². The molecule has 1 aromatic heterocycles. The van der Waals surface area contributed by atoms with Crippen LogP contribution in [0.1, 0.15) is 18.9 Å². The molecule has 2 aromatic carbocycles. The minimum absolute atomic E-state index is 0.288. The molecule has 114 valence electrons. The van der Waals surface area contributed by atoms with Crippen molar-refractivity contribution in [2.45, 2.75) is 19.6 Å². The van der Waals surface area contributed by atoms with Crippen molar-refractivity contribution in [3.8, 4) is 5.75 Å². The molecule has 0 fully saturated rings. The first kappa shape index (κ1) is 14.5. The summed E-state index contributed by atoms with van der Waals surface area (Å²) in [6.07, 6.45) is -0.654. The van der Waals surface area contributed by atoms with Gasteiger partial charge in [0.15, 0.2) is 0 Å². The normalized spacial score (nSPS) is 12.5. The van der Waals surface area contributed by atoms with Gasteiger partial charge in [-0.15, -0.1) is 0 Å². The van der Waals surface area contributed by atoms with E-state index in [0.29, 0.717) is 24.7 Å². The predicted octanol–water partition coefficient (Wildman–Crippen LogP) is 3.31. The van der Waals surface area contributed by atoms with E-state index in [9.17, 15) is 9.50 Å². The van der Waals surface area contributed by atoms with Crippen LogP contribution in [0, 0.1) is 5.82 Å². The van der Waals surface area contributed by atoms with Gasteiger partial charge in [0.1, 0.15) is 30.1 Å². The maximum atomic E-state index is 12.9. The largest absolute Gasteiger partial charge is 0.492 e. The van der Waals surface area contributed by atoms with Crippen LogP contribution in [-0.2, 0) is 6.54 Å². The fourth-order valence-electron chi connectivity index (χ4n) is 2.43. The van der Waals surface area contributed by atoms with Gasteiger partial charge in [-0.3, -0.25) is 0 Å². The maximum Gasteiger partial charge on any atom is 0.138 e. The summed E-state index contributed by atoms with van der Waals surface area (Å²) in [4.78, 5) is 4.46. The van der Waals surface area contributed by atoms with Gasteiger partial charge in [0.25, 0.3) is 0 Å². The summed E-state index contributed by atoms with van der Waals surface area (Å²) in [6.45, 7) is 2.66. The van der Waals surface area contributed by atoms with Crippen LogP contribution < -0.4 is 4.74 Å². The Morgan fingerprint density at radius 1 is 1.18 bits per heavy atom. The van der Waals surface area contributed by atoms with Crippen LogP contribution in [-0.4, -0.2) is 21.3 Å². The molecule has 0 aliphatic rings. The molecule has 0 amide bonds. The minimum Gasteiger partial charge on any atom is -0.492 e. The topological polar surface area (TPSA) is 47.3 Å². The van der Waals surface area contributed by atoms with Gasteiger partial charge in [0, 0.05) is 0 Å². The first-order valence-corrected chi connectivity index (χ1v) is 7.17. The molecule has 3 rings (SSSR count). The number of ether oxygens (including phenoxy) is 1. The number of aromatic nitrogens is 2. The highest BCUT2D eigenvalue weighted by Crippen LogP contribution is 2.20. The van der Waals surface area contributed by atoms with Gasteiger partial charge < -0.3 is 14.4 Å². The Labute approximate surface area is 127 Å². The second-order valence-electron chi connectivity index (χ2n) is 5.09. The van der Waals surface area contributed by atoms with Crippen molar-refractivity contribution in [1.82, 2.24) is 9.55 Å². The second-order valence-corrected chi connectivity index (χ2v) is 5.09. The number of aliphatic hydroxyl groups excluding tert-OH is 1. The summed E-state index contributed by atoms with van der Waals surface area (Å²) >= 11 is 0. The van der Waals surface area contributed by atoms with Gasteiger partial charge in [-0.25, -0.2) is 9.37 Å². The average Bonchev–Trinajstić information content (AvgIpc) is 2.89. The van der Waals surface area contributed by atoms with Crippen LogP contribution in [0.2, 0.25) is 0 Å². The number of nitrogens with zero attached hydrogens (tertiary/aromatic N) is 2. The molecule has 1 N–H and O–H groups in total. The van der Waals surface area contributed by atoms with E-state index >= 15 is 0 Å². The molecule has 5 heteroatoms. The molecule has 0 bridgehead atoms. The zero-order valence-corrected chi connectivity index (χ0v) is 12.2. The molecule has 0 radical (unpaired) electrons. The van der Waals surface area contributed by atoms with E-state index in [-0.39, 0.29) is 5.82 Å². The van der Waals surface area contributed by atoms with E-state index in [1.54, 1.807) is 19.1 Å². The number of para-hydroxylation sites is 2. The first-order chi connectivity index (χ1) is 10.6. The van der Waals surface area contributed by atoms with E-state index in [1.807, 2.05) is 28.8 Å². The number of imidazole rings is 1. The molecule has 3 aromatic rings. The van der Waals surface area contributed by atoms with E-state index in [4.69, 9.17) is 4.74 Å². The monoisotopic (exact) mass is 300 g/mol. The molecule has 0 aliphatic heterocycles. The van der Waals surface area contributed by atoms with Crippen molar-refractivity contribution in [2.75, 3.05) is 6.61 Å². The lowest BCUT2D eigenvalue weighted by atomic mass is 10.3. The number of hydrogen-bond acceptors (Lipinski definition) is 3. The van der Waals surface area contributed by atoms with Gasteiger partial charge in [0.05, 0.1) is 17.6 Å². The molecule has 0 saturated heterocycles. The Kier molecular flexibility index (Phi) is 4.06. The van der Waals surface area contributed by atoms with Crippen molar-refractivity contribution in [3.63, 3.8) is 0 Å². The van der Waals surface area contributed by atoms with Crippen LogP contribution in [0.5, 0.6) is 5.75 Å². The third-order valence-corrected chi connectivity index (χ3v) is 3.46. The van der Waals surface area contributed by atoms with Crippen LogP contribution in [0.3, 0.4) is 0 Å². The Hall–Kier alpha value is -2.40. The number of rotatable bonds is 5. The molecule has 4 nitrogen and oxygen atoms in total. The third-order valence-electron chi connectivity index (χ3n) is 3.46. The lowest BCUT2D eigenvalue weighted by Crippen LogP contribution is -2.12. The Morgan fingerprint density at radius 3 is 2.64 bits per heavy atom. The Balaban J connectivity index is 1.78. The lowest BCUT2D eigenvalue weighted by Gasteiger charge is -2.12. The molecule has 0 spiro atoms. The number of benzene rings is 2. The van der Waals surface area contributed by atoms with Crippen molar-refractivity contribution < 1.29 is 14.2 Å². The number of hydrogen-bond donors (Lipinski definition) is 1. The predicted molar refractivity (Wildman–Crippen MR) is 82.3 cm³/mol. The molecule has 1 atom stereocenters. The summed E-state index contributed by atoms with van der Waals surface area (Å²) < 4.78 is 20.4. The van der Waals surface area contributed by atoms with Crippen LogP contribution >= 0.6 is 0 Å². The number of fused-ring (bicyclic) bond motifs is 1. The highest BCUT2D eigenvalue weighted by molar-refractivity contribution is 5.76. The summed E-state index contributed by atoms with van der Waals surface area (Å²) in [5.41, 5.74) is 1.81. The number of aliphatic hydroxyl groups is 1. The fraction of sp³-hybridized carbons (Fsp3) is 0.235. The molecule has 0 aliphatic carbocycles. The van der Waals surface area contributed by atoms with Crippen molar-refractivity contribution >= 4 is 11.0 Å². The second kappa shape index (κ2) is 6.15. The van der Waals surface area contributed by atoms with E-state index in [2.05, 4.69) is 4.98 Å². The summed E-state index contributed by atoms with van der Waals surface area (Å²) in [6, 6.07) is 13.7. The highest BCUT2D eigenvalue weighted by Gasteiger charge is 2.14. The van der Waals surface area contributed by atoms with E-state index in [1.165, 1.54) is 12.1 Å². The third kappa shape index (κ3) is 2.94. The summed E-state index contributed by atoms with van der Waals surface area (Å²) in [5, 5.41) is 9.89. The summed E-state index contributed by atoms with van der Waals surface area (Å²) in [7, 11) is 0. The zero-order chi connectivity index (χ0) is 15.5. The molecule has 0 saturated carbocycles. The maximum absolute atomic E-state index is 12.9. The van der Waals surface area contributed by atoms with Crippen molar-refractivity contribution in [2.24, 2.45) is 0 Å². The van der Waals surface area contributed by atoms with Crippen molar-refractivity contribution in [1.29, 1.82) is 0 Å². The van der Waals surface area contributed by atoms with Gasteiger partial charge in [-0.2, -0.15) is 0 Å². The smallest absolute Gasteiger partial charge is 0.138 e. The molecular weight excluding hydrogens is 283 g/mol. The van der Waals surface area contributed by atoms with Gasteiger partial charge in [-0.1, -0.05) is 12.1 Å². The fourth-order valence-corrected chi connectivity index (χ4v) is 2.43. The SMILES string of the molecule is CC(O)c1nc2ccccc2n1CCOc1ccc(F)cc1. The molecular formula is C17H17FN2O2. The van der Waals surface area contributed by atoms with Crippen molar-refractivity contribution in [3.05, 3.63) is 60.2 Å². The zero-order valence-electron chi connectivity index (χ0n) is 12.2. The van der Waals surface area contributed by atoms with Crippen LogP contribution in [0.25, 0.3) is 11.0 Å². The van der Waals surface area contributed by atoms with E-state index < -0.39 is 6.10 Å². The van der Waals surface area contributed by atoms with Gasteiger partial charge in [-0.05, 0) is 43.3 Å². The van der Waals surface area contributed by atoms with Crippen LogP contribution in [0.4, 0.5) is 4.39 Å². The quantitative estimate of drug-likeness (QED) is 0.786. The molecule has 1 unspecified atom stereocenters.